The summed E-state index contributed by atoms with van der Waals surface area (Å²) in [5, 5.41) is 16.8. The van der Waals surface area contributed by atoms with E-state index in [1.807, 2.05) is 17.6 Å². The van der Waals surface area contributed by atoms with Gasteiger partial charge in [0.05, 0.1) is 11.6 Å². The Balaban J connectivity index is 2.85. The Kier molecular flexibility index (Phi) is 2.61. The summed E-state index contributed by atoms with van der Waals surface area (Å²) in [6.45, 7) is 0.371. The summed E-state index contributed by atoms with van der Waals surface area (Å²) in [6, 6.07) is 9.09. The topological polar surface area (TPSA) is 56.0 Å². The molecule has 1 aromatic rings. The van der Waals surface area contributed by atoms with Gasteiger partial charge >= 0.3 is 0 Å². The Morgan fingerprint density at radius 2 is 2.36 bits per heavy atom. The zero-order chi connectivity index (χ0) is 8.10. The highest BCUT2D eigenvalue weighted by Crippen LogP contribution is 2.02. The van der Waals surface area contributed by atoms with Crippen molar-refractivity contribution >= 4 is 0 Å². The molecule has 0 saturated carbocycles. The molecule has 0 bridgehead atoms. The fourth-order valence-corrected chi connectivity index (χ4v) is 0.842. The van der Waals surface area contributed by atoms with E-state index >= 15 is 0 Å². The molecule has 3 heteroatoms. The van der Waals surface area contributed by atoms with Crippen molar-refractivity contribution in [3.63, 3.8) is 0 Å². The van der Waals surface area contributed by atoms with Crippen LogP contribution in [0.3, 0.4) is 0 Å². The first-order chi connectivity index (χ1) is 5.36. The summed E-state index contributed by atoms with van der Waals surface area (Å²) in [5.41, 5.74) is 3.53. The average Bonchev–Trinajstić information content (AvgIpc) is 2.06. The van der Waals surface area contributed by atoms with E-state index in [9.17, 15) is 0 Å². The average molecular weight is 148 g/mol. The zero-order valence-electron chi connectivity index (χ0n) is 5.91. The van der Waals surface area contributed by atoms with Gasteiger partial charge in [-0.3, -0.25) is 0 Å². The number of hydroxylamine groups is 1. The molecule has 0 saturated heterocycles. The van der Waals surface area contributed by atoms with E-state index in [1.165, 1.54) is 0 Å². The molecule has 0 aliphatic heterocycles. The molecule has 56 valence electrons. The van der Waals surface area contributed by atoms with Crippen molar-refractivity contribution < 1.29 is 5.21 Å². The zero-order valence-corrected chi connectivity index (χ0v) is 5.91. The Hall–Kier alpha value is -1.37. The van der Waals surface area contributed by atoms with Crippen LogP contribution in [0.1, 0.15) is 11.1 Å². The lowest BCUT2D eigenvalue weighted by Crippen LogP contribution is -2.05. The van der Waals surface area contributed by atoms with Crippen LogP contribution in [0.2, 0.25) is 0 Å². The van der Waals surface area contributed by atoms with Gasteiger partial charge in [-0.1, -0.05) is 12.1 Å². The molecular weight excluding hydrogens is 140 g/mol. The van der Waals surface area contributed by atoms with E-state index < -0.39 is 0 Å². The molecule has 0 amide bonds. The lowest BCUT2D eigenvalue weighted by Gasteiger charge is -1.97. The third kappa shape index (κ3) is 2.04. The van der Waals surface area contributed by atoms with Gasteiger partial charge in [-0.2, -0.15) is 5.26 Å². The summed E-state index contributed by atoms with van der Waals surface area (Å²) in [5.74, 6) is 0. The molecule has 0 radical (unpaired) electrons. The van der Waals surface area contributed by atoms with Crippen LogP contribution < -0.4 is 5.48 Å². The van der Waals surface area contributed by atoms with Crippen LogP contribution >= 0.6 is 0 Å². The highest BCUT2D eigenvalue weighted by atomic mass is 16.5. The van der Waals surface area contributed by atoms with Gasteiger partial charge < -0.3 is 5.21 Å². The number of hydrogen-bond donors (Lipinski definition) is 2. The predicted octanol–water partition coefficient (Wildman–Crippen LogP) is 1.04. The maximum atomic E-state index is 8.50. The van der Waals surface area contributed by atoms with E-state index in [1.54, 1.807) is 18.2 Å². The van der Waals surface area contributed by atoms with Crippen molar-refractivity contribution in [2.45, 2.75) is 6.54 Å². The lowest BCUT2D eigenvalue weighted by molar-refractivity contribution is 0.161. The number of nitriles is 1. The van der Waals surface area contributed by atoms with Crippen LogP contribution in [0.5, 0.6) is 0 Å². The maximum absolute atomic E-state index is 8.50. The largest absolute Gasteiger partial charge is 0.316 e. The number of benzene rings is 1. The summed E-state index contributed by atoms with van der Waals surface area (Å²) in [4.78, 5) is 0. The van der Waals surface area contributed by atoms with Crippen LogP contribution in [0.25, 0.3) is 0 Å². The van der Waals surface area contributed by atoms with E-state index in [0.29, 0.717) is 12.1 Å². The SMILES string of the molecule is N#Cc1cccc(CNO)c1. The molecule has 1 aromatic carbocycles. The molecule has 0 unspecified atom stereocenters. The molecule has 2 N–H and O–H groups in total. The number of nitrogens with one attached hydrogen (secondary N) is 1. The minimum Gasteiger partial charge on any atom is -0.316 e. The van der Waals surface area contributed by atoms with Gasteiger partial charge in [-0.25, -0.2) is 5.48 Å². The first kappa shape index (κ1) is 7.73. The molecule has 0 spiro atoms. The smallest absolute Gasteiger partial charge is 0.0991 e. The third-order valence-electron chi connectivity index (χ3n) is 1.34. The Labute approximate surface area is 64.9 Å². The lowest BCUT2D eigenvalue weighted by atomic mass is 10.1. The van der Waals surface area contributed by atoms with Crippen molar-refractivity contribution in [1.29, 1.82) is 5.26 Å². The van der Waals surface area contributed by atoms with Crippen LogP contribution in [-0.2, 0) is 6.54 Å². The molecule has 11 heavy (non-hydrogen) atoms. The minimum absolute atomic E-state index is 0.371. The van der Waals surface area contributed by atoms with Gasteiger partial charge in [0.1, 0.15) is 0 Å². The first-order valence-electron chi connectivity index (χ1n) is 3.23. The van der Waals surface area contributed by atoms with E-state index in [4.69, 9.17) is 10.5 Å². The number of hydrogen-bond acceptors (Lipinski definition) is 3. The van der Waals surface area contributed by atoms with E-state index in [0.717, 1.165) is 5.56 Å². The molecule has 0 aliphatic rings. The number of nitrogens with zero attached hydrogens (tertiary/aromatic N) is 1. The quantitative estimate of drug-likeness (QED) is 0.616. The maximum Gasteiger partial charge on any atom is 0.0991 e. The van der Waals surface area contributed by atoms with Gasteiger partial charge in [0.15, 0.2) is 0 Å². The summed E-state index contributed by atoms with van der Waals surface area (Å²) < 4.78 is 0. The molecule has 0 aliphatic carbocycles. The Morgan fingerprint density at radius 3 is 3.00 bits per heavy atom. The molecular formula is C8H8N2O. The normalized spacial score (nSPS) is 9.09. The van der Waals surface area contributed by atoms with Crippen molar-refractivity contribution in [3.05, 3.63) is 35.4 Å². The first-order valence-corrected chi connectivity index (χ1v) is 3.23. The summed E-state index contributed by atoms with van der Waals surface area (Å²) in [6.07, 6.45) is 0. The second-order valence-corrected chi connectivity index (χ2v) is 2.15. The fraction of sp³-hybridized carbons (Fsp3) is 0.125. The van der Waals surface area contributed by atoms with Gasteiger partial charge in [-0.05, 0) is 17.7 Å². The van der Waals surface area contributed by atoms with E-state index in [2.05, 4.69) is 0 Å². The van der Waals surface area contributed by atoms with Gasteiger partial charge in [-0.15, -0.1) is 0 Å². The molecule has 1 rings (SSSR count). The Bertz CT molecular complexity index is 278. The monoisotopic (exact) mass is 148 g/mol. The second kappa shape index (κ2) is 3.71. The van der Waals surface area contributed by atoms with Crippen LogP contribution in [-0.4, -0.2) is 5.21 Å². The molecule has 3 nitrogen and oxygen atoms in total. The fourth-order valence-electron chi connectivity index (χ4n) is 0.842. The van der Waals surface area contributed by atoms with Crippen molar-refractivity contribution in [3.8, 4) is 6.07 Å². The Morgan fingerprint density at radius 1 is 1.55 bits per heavy atom. The van der Waals surface area contributed by atoms with E-state index in [-0.39, 0.29) is 0 Å². The minimum atomic E-state index is 0.371. The summed E-state index contributed by atoms with van der Waals surface area (Å²) >= 11 is 0. The van der Waals surface area contributed by atoms with Crippen LogP contribution in [0, 0.1) is 11.3 Å². The van der Waals surface area contributed by atoms with Crippen LogP contribution in [0.15, 0.2) is 24.3 Å². The highest BCUT2D eigenvalue weighted by molar-refractivity contribution is 5.32. The molecule has 0 aromatic heterocycles. The second-order valence-electron chi connectivity index (χ2n) is 2.15. The molecule has 0 atom stereocenters. The molecule has 0 heterocycles. The van der Waals surface area contributed by atoms with Crippen molar-refractivity contribution in [2.75, 3.05) is 0 Å². The van der Waals surface area contributed by atoms with Gasteiger partial charge in [0, 0.05) is 6.54 Å². The van der Waals surface area contributed by atoms with Crippen LogP contribution in [0.4, 0.5) is 0 Å². The van der Waals surface area contributed by atoms with Gasteiger partial charge in [0.25, 0.3) is 0 Å². The third-order valence-corrected chi connectivity index (χ3v) is 1.34. The highest BCUT2D eigenvalue weighted by Gasteiger charge is 1.92. The van der Waals surface area contributed by atoms with Crippen molar-refractivity contribution in [2.24, 2.45) is 0 Å². The predicted molar refractivity (Wildman–Crippen MR) is 39.8 cm³/mol. The molecule has 0 fully saturated rings. The standard InChI is InChI=1S/C8H8N2O/c9-5-7-2-1-3-8(4-7)6-10-11/h1-4,10-11H,6H2. The van der Waals surface area contributed by atoms with Crippen molar-refractivity contribution in [1.82, 2.24) is 5.48 Å². The summed E-state index contributed by atoms with van der Waals surface area (Å²) in [7, 11) is 0. The number of rotatable bonds is 2. The van der Waals surface area contributed by atoms with Gasteiger partial charge in [0.2, 0.25) is 0 Å².